The third kappa shape index (κ3) is 2.64. The molecule has 0 aliphatic heterocycles. The summed E-state index contributed by atoms with van der Waals surface area (Å²) in [5.41, 5.74) is 6.37. The van der Waals surface area contributed by atoms with Gasteiger partial charge in [0.15, 0.2) is 0 Å². The highest BCUT2D eigenvalue weighted by Crippen LogP contribution is 2.17. The molecule has 0 amide bonds. The standard InChI is InChI=1S/C15H18N2/c1-11-5-4-6-12(2)14(11)9-17-15-10-16-8-7-13(15)3/h4-8,10,17H,9H2,1-3H3. The van der Waals surface area contributed by atoms with Crippen molar-refractivity contribution in [1.82, 2.24) is 4.98 Å². The fourth-order valence-corrected chi connectivity index (χ4v) is 1.96. The van der Waals surface area contributed by atoms with E-state index in [4.69, 9.17) is 0 Å². The van der Waals surface area contributed by atoms with Crippen LogP contribution in [0.3, 0.4) is 0 Å². The van der Waals surface area contributed by atoms with Gasteiger partial charge in [0, 0.05) is 12.7 Å². The molecule has 0 fully saturated rings. The summed E-state index contributed by atoms with van der Waals surface area (Å²) < 4.78 is 0. The van der Waals surface area contributed by atoms with E-state index in [1.165, 1.54) is 22.3 Å². The lowest BCUT2D eigenvalue weighted by Gasteiger charge is -2.13. The first kappa shape index (κ1) is 11.6. The van der Waals surface area contributed by atoms with Gasteiger partial charge in [0.1, 0.15) is 0 Å². The normalized spacial score (nSPS) is 10.3. The predicted octanol–water partition coefficient (Wildman–Crippen LogP) is 3.62. The van der Waals surface area contributed by atoms with Crippen molar-refractivity contribution >= 4 is 5.69 Å². The van der Waals surface area contributed by atoms with Gasteiger partial charge in [-0.2, -0.15) is 0 Å². The number of hydrogen-bond donors (Lipinski definition) is 1. The molecule has 17 heavy (non-hydrogen) atoms. The first-order valence-corrected chi connectivity index (χ1v) is 5.88. The monoisotopic (exact) mass is 226 g/mol. The van der Waals surface area contributed by atoms with Crippen molar-refractivity contribution in [3.8, 4) is 0 Å². The first-order valence-electron chi connectivity index (χ1n) is 5.88. The van der Waals surface area contributed by atoms with Gasteiger partial charge in [-0.05, 0) is 49.1 Å². The van der Waals surface area contributed by atoms with Crippen LogP contribution in [-0.4, -0.2) is 4.98 Å². The van der Waals surface area contributed by atoms with E-state index in [0.717, 1.165) is 12.2 Å². The Morgan fingerprint density at radius 1 is 1.00 bits per heavy atom. The number of anilines is 1. The topological polar surface area (TPSA) is 24.9 Å². The van der Waals surface area contributed by atoms with E-state index >= 15 is 0 Å². The fraction of sp³-hybridized carbons (Fsp3) is 0.267. The molecule has 0 atom stereocenters. The van der Waals surface area contributed by atoms with Gasteiger partial charge >= 0.3 is 0 Å². The van der Waals surface area contributed by atoms with Gasteiger partial charge in [-0.15, -0.1) is 0 Å². The molecule has 0 saturated carbocycles. The van der Waals surface area contributed by atoms with Gasteiger partial charge in [-0.25, -0.2) is 0 Å². The Labute approximate surface area is 103 Å². The molecule has 0 aliphatic carbocycles. The zero-order valence-corrected chi connectivity index (χ0v) is 10.6. The van der Waals surface area contributed by atoms with Crippen molar-refractivity contribution in [1.29, 1.82) is 0 Å². The number of aryl methyl sites for hydroxylation is 3. The smallest absolute Gasteiger partial charge is 0.0559 e. The van der Waals surface area contributed by atoms with Crippen molar-refractivity contribution < 1.29 is 0 Å². The summed E-state index contributed by atoms with van der Waals surface area (Å²) >= 11 is 0. The maximum Gasteiger partial charge on any atom is 0.0559 e. The summed E-state index contributed by atoms with van der Waals surface area (Å²) in [6.07, 6.45) is 3.70. The summed E-state index contributed by atoms with van der Waals surface area (Å²) in [7, 11) is 0. The molecule has 2 rings (SSSR count). The highest BCUT2D eigenvalue weighted by Gasteiger charge is 2.02. The summed E-state index contributed by atoms with van der Waals surface area (Å²) in [6.45, 7) is 7.25. The van der Waals surface area contributed by atoms with Crippen molar-refractivity contribution in [2.75, 3.05) is 5.32 Å². The quantitative estimate of drug-likeness (QED) is 0.864. The molecule has 0 radical (unpaired) electrons. The fourth-order valence-electron chi connectivity index (χ4n) is 1.96. The SMILES string of the molecule is Cc1ccncc1NCc1c(C)cccc1C. The molecule has 2 heteroatoms. The van der Waals surface area contributed by atoms with E-state index in [0.29, 0.717) is 0 Å². The highest BCUT2D eigenvalue weighted by molar-refractivity contribution is 5.49. The van der Waals surface area contributed by atoms with E-state index in [2.05, 4.69) is 49.3 Å². The van der Waals surface area contributed by atoms with Crippen LogP contribution in [0, 0.1) is 20.8 Å². The van der Waals surface area contributed by atoms with E-state index in [9.17, 15) is 0 Å². The summed E-state index contributed by atoms with van der Waals surface area (Å²) in [6, 6.07) is 8.43. The van der Waals surface area contributed by atoms with Gasteiger partial charge < -0.3 is 5.32 Å². The van der Waals surface area contributed by atoms with E-state index in [-0.39, 0.29) is 0 Å². The lowest BCUT2D eigenvalue weighted by molar-refractivity contribution is 1.08. The molecule has 2 nitrogen and oxygen atoms in total. The minimum absolute atomic E-state index is 0.852. The van der Waals surface area contributed by atoms with Crippen LogP contribution >= 0.6 is 0 Å². The number of hydrogen-bond acceptors (Lipinski definition) is 2. The first-order chi connectivity index (χ1) is 8.18. The minimum Gasteiger partial charge on any atom is -0.379 e. The Kier molecular flexibility index (Phi) is 3.43. The zero-order valence-electron chi connectivity index (χ0n) is 10.6. The molecular formula is C15H18N2. The molecule has 1 aromatic heterocycles. The second kappa shape index (κ2) is 5.00. The molecule has 1 N–H and O–H groups in total. The third-order valence-corrected chi connectivity index (χ3v) is 3.14. The molecule has 0 aliphatic rings. The maximum absolute atomic E-state index is 4.14. The van der Waals surface area contributed by atoms with Crippen LogP contribution in [0.2, 0.25) is 0 Å². The van der Waals surface area contributed by atoms with Gasteiger partial charge in [0.2, 0.25) is 0 Å². The molecular weight excluding hydrogens is 208 g/mol. The van der Waals surface area contributed by atoms with Crippen molar-refractivity contribution in [2.45, 2.75) is 27.3 Å². The van der Waals surface area contributed by atoms with Crippen LogP contribution in [-0.2, 0) is 6.54 Å². The maximum atomic E-state index is 4.14. The summed E-state index contributed by atoms with van der Waals surface area (Å²) in [5, 5.41) is 3.45. The van der Waals surface area contributed by atoms with Crippen molar-refractivity contribution in [3.05, 3.63) is 58.9 Å². The average molecular weight is 226 g/mol. The number of rotatable bonds is 3. The zero-order chi connectivity index (χ0) is 12.3. The van der Waals surface area contributed by atoms with E-state index in [1.807, 2.05) is 18.5 Å². The molecule has 88 valence electrons. The average Bonchev–Trinajstić information content (AvgIpc) is 2.30. The number of nitrogens with zero attached hydrogens (tertiary/aromatic N) is 1. The van der Waals surface area contributed by atoms with Gasteiger partial charge in [0.05, 0.1) is 11.9 Å². The van der Waals surface area contributed by atoms with Crippen molar-refractivity contribution in [3.63, 3.8) is 0 Å². The predicted molar refractivity (Wildman–Crippen MR) is 72.2 cm³/mol. The van der Waals surface area contributed by atoms with Crippen LogP contribution in [0.4, 0.5) is 5.69 Å². The molecule has 0 bridgehead atoms. The van der Waals surface area contributed by atoms with Crippen LogP contribution in [0.5, 0.6) is 0 Å². The Balaban J connectivity index is 2.16. The molecule has 0 unspecified atom stereocenters. The molecule has 0 spiro atoms. The van der Waals surface area contributed by atoms with Gasteiger partial charge in [-0.3, -0.25) is 4.98 Å². The second-order valence-corrected chi connectivity index (χ2v) is 4.41. The Hall–Kier alpha value is -1.83. The van der Waals surface area contributed by atoms with Crippen LogP contribution in [0.25, 0.3) is 0 Å². The summed E-state index contributed by atoms with van der Waals surface area (Å²) in [4.78, 5) is 4.14. The number of pyridine rings is 1. The minimum atomic E-state index is 0.852. The largest absolute Gasteiger partial charge is 0.379 e. The number of nitrogens with one attached hydrogen (secondary N) is 1. The molecule has 1 aromatic carbocycles. The number of aromatic nitrogens is 1. The molecule has 1 heterocycles. The second-order valence-electron chi connectivity index (χ2n) is 4.41. The Bertz CT molecular complexity index is 498. The lowest BCUT2D eigenvalue weighted by atomic mass is 10.0. The van der Waals surface area contributed by atoms with Crippen LogP contribution < -0.4 is 5.32 Å². The van der Waals surface area contributed by atoms with Gasteiger partial charge in [-0.1, -0.05) is 18.2 Å². The Morgan fingerprint density at radius 3 is 2.35 bits per heavy atom. The third-order valence-electron chi connectivity index (χ3n) is 3.14. The Morgan fingerprint density at radius 2 is 1.71 bits per heavy atom. The van der Waals surface area contributed by atoms with Crippen LogP contribution in [0.1, 0.15) is 22.3 Å². The molecule has 2 aromatic rings. The molecule has 0 saturated heterocycles. The van der Waals surface area contributed by atoms with E-state index in [1.54, 1.807) is 0 Å². The lowest BCUT2D eigenvalue weighted by Crippen LogP contribution is -2.04. The summed E-state index contributed by atoms with van der Waals surface area (Å²) in [5.74, 6) is 0. The van der Waals surface area contributed by atoms with Crippen LogP contribution in [0.15, 0.2) is 36.7 Å². The van der Waals surface area contributed by atoms with Gasteiger partial charge in [0.25, 0.3) is 0 Å². The van der Waals surface area contributed by atoms with E-state index < -0.39 is 0 Å². The highest BCUT2D eigenvalue weighted by atomic mass is 14.9. The number of benzene rings is 1. The van der Waals surface area contributed by atoms with Crippen molar-refractivity contribution in [2.24, 2.45) is 0 Å².